The number of hydrogen-bond acceptors (Lipinski definition) is 6. The van der Waals surface area contributed by atoms with Gasteiger partial charge in [-0.05, 0) is 51.0 Å². The first-order chi connectivity index (χ1) is 13.7. The Bertz CT molecular complexity index is 884. The molecule has 1 saturated heterocycles. The summed E-state index contributed by atoms with van der Waals surface area (Å²) < 4.78 is 5.17. The van der Waals surface area contributed by atoms with E-state index >= 15 is 0 Å². The highest BCUT2D eigenvalue weighted by atomic mass is 32.1. The number of amides is 1. The molecule has 0 N–H and O–H groups in total. The molecule has 3 heterocycles. The highest BCUT2D eigenvalue weighted by Crippen LogP contribution is 2.44. The van der Waals surface area contributed by atoms with E-state index in [1.165, 1.54) is 59.2 Å². The Kier molecular flexibility index (Phi) is 4.87. The quantitative estimate of drug-likeness (QED) is 0.726. The van der Waals surface area contributed by atoms with Gasteiger partial charge in [-0.2, -0.15) is 0 Å². The number of anilines is 1. The van der Waals surface area contributed by atoms with Crippen molar-refractivity contribution in [2.45, 2.75) is 57.8 Å². The van der Waals surface area contributed by atoms with Crippen molar-refractivity contribution in [3.8, 4) is 0 Å². The molecule has 0 bridgehead atoms. The van der Waals surface area contributed by atoms with Crippen LogP contribution in [-0.2, 0) is 17.6 Å². The third-order valence-electron chi connectivity index (χ3n) is 6.11. The topological polar surface area (TPSA) is 58.6 Å². The highest BCUT2D eigenvalue weighted by molar-refractivity contribution is 7.19. The van der Waals surface area contributed by atoms with E-state index in [1.807, 2.05) is 23.2 Å². The zero-order chi connectivity index (χ0) is 19.1. The number of carbonyl (C=O) groups excluding carboxylic acids is 1. The second kappa shape index (κ2) is 7.50. The van der Waals surface area contributed by atoms with Gasteiger partial charge >= 0.3 is 6.09 Å². The first kappa shape index (κ1) is 18.2. The molecule has 7 heteroatoms. The van der Waals surface area contributed by atoms with Gasteiger partial charge in [-0.15, -0.1) is 11.3 Å². The molecule has 2 fully saturated rings. The van der Waals surface area contributed by atoms with E-state index in [4.69, 9.17) is 14.7 Å². The maximum atomic E-state index is 12.1. The normalized spacial score (nSPS) is 20.2. The van der Waals surface area contributed by atoms with Crippen molar-refractivity contribution in [2.24, 2.45) is 0 Å². The first-order valence-corrected chi connectivity index (χ1v) is 11.5. The second-order valence-electron chi connectivity index (χ2n) is 8.10. The van der Waals surface area contributed by atoms with Crippen LogP contribution in [0.25, 0.3) is 10.2 Å². The molecule has 0 unspecified atom stereocenters. The summed E-state index contributed by atoms with van der Waals surface area (Å²) in [6, 6.07) is 0. The zero-order valence-electron chi connectivity index (χ0n) is 16.6. The summed E-state index contributed by atoms with van der Waals surface area (Å²) in [5.74, 6) is 2.70. The largest absolute Gasteiger partial charge is 0.450 e. The minimum Gasteiger partial charge on any atom is -0.450 e. The molecular formula is C21H28N4O2S. The lowest BCUT2D eigenvalue weighted by atomic mass is 10.1. The monoisotopic (exact) mass is 400 g/mol. The summed E-state index contributed by atoms with van der Waals surface area (Å²) in [4.78, 5) is 29.0. The summed E-state index contributed by atoms with van der Waals surface area (Å²) in [6.45, 7) is 5.27. The van der Waals surface area contributed by atoms with Crippen molar-refractivity contribution in [3.05, 3.63) is 16.3 Å². The molecule has 5 rings (SSSR count). The smallest absolute Gasteiger partial charge is 0.409 e. The summed E-state index contributed by atoms with van der Waals surface area (Å²) in [7, 11) is 0. The molecule has 1 aliphatic heterocycles. The third-order valence-corrected chi connectivity index (χ3v) is 7.30. The van der Waals surface area contributed by atoms with E-state index < -0.39 is 0 Å². The molecular weight excluding hydrogens is 372 g/mol. The lowest BCUT2D eigenvalue weighted by molar-refractivity contribution is 0.105. The fourth-order valence-electron chi connectivity index (χ4n) is 4.40. The van der Waals surface area contributed by atoms with Crippen molar-refractivity contribution >= 4 is 33.5 Å². The maximum Gasteiger partial charge on any atom is 0.409 e. The van der Waals surface area contributed by atoms with Gasteiger partial charge in [0.15, 0.2) is 0 Å². The molecule has 0 radical (unpaired) electrons. The SMILES string of the molecule is CCOC(=O)N1CCN(c2nc(C3CC3)nc3sc4c(c23)CCCCC4)CC1. The summed E-state index contributed by atoms with van der Waals surface area (Å²) in [5, 5.41) is 1.30. The zero-order valence-corrected chi connectivity index (χ0v) is 17.4. The maximum absolute atomic E-state index is 12.1. The minimum absolute atomic E-state index is 0.196. The standard InChI is InChI=1S/C21H28N4O2S/c1-2-27-21(26)25-12-10-24(11-13-25)19-17-15-6-4-3-5-7-16(15)28-20(17)23-18(22-19)14-8-9-14/h14H,2-13H2,1H3. The highest BCUT2D eigenvalue weighted by Gasteiger charge is 2.31. The van der Waals surface area contributed by atoms with Gasteiger partial charge in [0.1, 0.15) is 16.5 Å². The van der Waals surface area contributed by atoms with Gasteiger partial charge in [0.05, 0.1) is 12.0 Å². The summed E-state index contributed by atoms with van der Waals surface area (Å²) in [5.41, 5.74) is 1.50. The van der Waals surface area contributed by atoms with Gasteiger partial charge in [0, 0.05) is 37.0 Å². The molecule has 2 aliphatic carbocycles. The van der Waals surface area contributed by atoms with Crippen molar-refractivity contribution < 1.29 is 9.53 Å². The molecule has 3 aliphatic rings. The van der Waals surface area contributed by atoms with E-state index in [1.54, 1.807) is 0 Å². The molecule has 150 valence electrons. The van der Waals surface area contributed by atoms with Crippen LogP contribution in [0.15, 0.2) is 0 Å². The van der Waals surface area contributed by atoms with Gasteiger partial charge in [-0.1, -0.05) is 6.42 Å². The Labute approximate surface area is 169 Å². The molecule has 1 saturated carbocycles. The number of hydrogen-bond donors (Lipinski definition) is 0. The Morgan fingerprint density at radius 1 is 1.11 bits per heavy atom. The molecule has 1 amide bonds. The van der Waals surface area contributed by atoms with E-state index in [-0.39, 0.29) is 6.09 Å². The van der Waals surface area contributed by atoms with Crippen LogP contribution in [0.5, 0.6) is 0 Å². The number of aryl methyl sites for hydroxylation is 2. The van der Waals surface area contributed by atoms with Crippen LogP contribution in [0.3, 0.4) is 0 Å². The van der Waals surface area contributed by atoms with Crippen molar-refractivity contribution in [3.63, 3.8) is 0 Å². The van der Waals surface area contributed by atoms with Crippen LogP contribution in [0.1, 0.15) is 61.2 Å². The van der Waals surface area contributed by atoms with Crippen LogP contribution in [0.4, 0.5) is 10.6 Å². The van der Waals surface area contributed by atoms with Crippen molar-refractivity contribution in [1.82, 2.24) is 14.9 Å². The fraction of sp³-hybridized carbons (Fsp3) is 0.667. The number of fused-ring (bicyclic) bond motifs is 3. The van der Waals surface area contributed by atoms with E-state index in [9.17, 15) is 4.79 Å². The molecule has 0 atom stereocenters. The third kappa shape index (κ3) is 3.34. The number of aromatic nitrogens is 2. The molecule has 2 aromatic rings. The summed E-state index contributed by atoms with van der Waals surface area (Å²) in [6.07, 6.45) is 8.44. The predicted molar refractivity (Wildman–Crippen MR) is 111 cm³/mol. The number of ether oxygens (including phenoxy) is 1. The molecule has 28 heavy (non-hydrogen) atoms. The fourth-order valence-corrected chi connectivity index (χ4v) is 5.66. The number of carbonyl (C=O) groups is 1. The van der Waals surface area contributed by atoms with Gasteiger partial charge in [0.2, 0.25) is 0 Å². The van der Waals surface area contributed by atoms with Crippen molar-refractivity contribution in [2.75, 3.05) is 37.7 Å². The number of thiophene rings is 1. The van der Waals surface area contributed by atoms with Crippen LogP contribution >= 0.6 is 11.3 Å². The number of rotatable bonds is 3. The number of piperazine rings is 1. The van der Waals surface area contributed by atoms with Crippen LogP contribution in [0, 0.1) is 0 Å². The molecule has 0 aromatic carbocycles. The van der Waals surface area contributed by atoms with Crippen LogP contribution in [-0.4, -0.2) is 53.7 Å². The lowest BCUT2D eigenvalue weighted by Crippen LogP contribution is -2.49. The predicted octanol–water partition coefficient (Wildman–Crippen LogP) is 4.12. The first-order valence-electron chi connectivity index (χ1n) is 10.7. The Morgan fingerprint density at radius 3 is 2.64 bits per heavy atom. The van der Waals surface area contributed by atoms with Crippen LogP contribution < -0.4 is 4.90 Å². The average molecular weight is 401 g/mol. The Balaban J connectivity index is 1.49. The van der Waals surface area contributed by atoms with Gasteiger partial charge < -0.3 is 14.5 Å². The van der Waals surface area contributed by atoms with Crippen molar-refractivity contribution in [1.29, 1.82) is 0 Å². The molecule has 0 spiro atoms. The Hall–Kier alpha value is -1.89. The van der Waals surface area contributed by atoms with E-state index in [0.29, 0.717) is 25.6 Å². The lowest BCUT2D eigenvalue weighted by Gasteiger charge is -2.35. The second-order valence-corrected chi connectivity index (χ2v) is 9.18. The average Bonchev–Trinajstić information content (AvgIpc) is 3.53. The van der Waals surface area contributed by atoms with E-state index in [2.05, 4.69) is 4.90 Å². The number of nitrogens with zero attached hydrogens (tertiary/aromatic N) is 4. The minimum atomic E-state index is -0.196. The summed E-state index contributed by atoms with van der Waals surface area (Å²) >= 11 is 1.90. The Morgan fingerprint density at radius 2 is 1.89 bits per heavy atom. The van der Waals surface area contributed by atoms with Gasteiger partial charge in [-0.25, -0.2) is 14.8 Å². The van der Waals surface area contributed by atoms with Gasteiger partial charge in [-0.3, -0.25) is 0 Å². The van der Waals surface area contributed by atoms with Crippen LogP contribution in [0.2, 0.25) is 0 Å². The van der Waals surface area contributed by atoms with Gasteiger partial charge in [0.25, 0.3) is 0 Å². The molecule has 6 nitrogen and oxygen atoms in total. The molecule has 2 aromatic heterocycles. The van der Waals surface area contributed by atoms with E-state index in [0.717, 1.165) is 31.2 Å².